The van der Waals surface area contributed by atoms with Gasteiger partial charge in [-0.05, 0) is 19.1 Å². The first-order valence-corrected chi connectivity index (χ1v) is 8.08. The number of imidazole rings is 2. The quantitative estimate of drug-likeness (QED) is 0.755. The summed E-state index contributed by atoms with van der Waals surface area (Å²) in [5.41, 5.74) is 3.39. The van der Waals surface area contributed by atoms with Gasteiger partial charge in [-0.25, -0.2) is 9.97 Å². The Morgan fingerprint density at radius 1 is 1.24 bits per heavy atom. The third kappa shape index (κ3) is 3.67. The molecule has 0 radical (unpaired) electrons. The van der Waals surface area contributed by atoms with Crippen LogP contribution in [0.2, 0.25) is 0 Å². The van der Waals surface area contributed by atoms with Gasteiger partial charge < -0.3 is 14.3 Å². The van der Waals surface area contributed by atoms with Crippen molar-refractivity contribution in [3.05, 3.63) is 54.0 Å². The van der Waals surface area contributed by atoms with Gasteiger partial charge in [-0.15, -0.1) is 24.8 Å². The first kappa shape index (κ1) is 19.7. The number of nitrogens with one attached hydrogen (secondary N) is 1. The average molecular weight is 383 g/mol. The zero-order chi connectivity index (χ0) is 15.8. The number of aryl methyl sites for hydroxylation is 2. The van der Waals surface area contributed by atoms with E-state index >= 15 is 0 Å². The van der Waals surface area contributed by atoms with Gasteiger partial charge in [0, 0.05) is 51.8 Å². The number of piperazine rings is 1. The fraction of sp³-hybridized carbons (Fsp3) is 0.412. The molecule has 1 saturated heterocycles. The summed E-state index contributed by atoms with van der Waals surface area (Å²) in [6.07, 6.45) is 5.99. The van der Waals surface area contributed by atoms with Crippen molar-refractivity contribution < 1.29 is 0 Å². The largest absolute Gasteiger partial charge is 0.337 e. The van der Waals surface area contributed by atoms with Crippen molar-refractivity contribution in [1.82, 2.24) is 29.2 Å². The molecule has 6 nitrogen and oxygen atoms in total. The summed E-state index contributed by atoms with van der Waals surface area (Å²) in [5, 5.41) is 3.49. The van der Waals surface area contributed by atoms with Gasteiger partial charge in [-0.2, -0.15) is 0 Å². The molecule has 1 fully saturated rings. The molecule has 1 aliphatic rings. The summed E-state index contributed by atoms with van der Waals surface area (Å²) >= 11 is 0. The molecular weight excluding hydrogens is 359 g/mol. The molecule has 4 heterocycles. The van der Waals surface area contributed by atoms with E-state index in [9.17, 15) is 0 Å². The maximum atomic E-state index is 4.68. The van der Waals surface area contributed by atoms with Crippen molar-refractivity contribution in [2.45, 2.75) is 19.5 Å². The minimum atomic E-state index is 0. The van der Waals surface area contributed by atoms with E-state index < -0.39 is 0 Å². The maximum absolute atomic E-state index is 4.68. The minimum absolute atomic E-state index is 0. The lowest BCUT2D eigenvalue weighted by Crippen LogP contribution is -2.46. The molecule has 136 valence electrons. The smallest absolute Gasteiger partial charge is 0.137 e. The second kappa shape index (κ2) is 8.19. The molecule has 0 amide bonds. The van der Waals surface area contributed by atoms with Gasteiger partial charge in [-0.3, -0.25) is 4.90 Å². The van der Waals surface area contributed by atoms with Crippen LogP contribution in [0.3, 0.4) is 0 Å². The Hall–Kier alpha value is -1.60. The highest BCUT2D eigenvalue weighted by Gasteiger charge is 2.28. The summed E-state index contributed by atoms with van der Waals surface area (Å²) in [5.74, 6) is 1.11. The van der Waals surface area contributed by atoms with Crippen LogP contribution < -0.4 is 5.32 Å². The van der Waals surface area contributed by atoms with E-state index in [1.165, 1.54) is 5.69 Å². The van der Waals surface area contributed by atoms with Crippen LogP contribution in [0.4, 0.5) is 0 Å². The van der Waals surface area contributed by atoms with E-state index in [4.69, 9.17) is 0 Å². The van der Waals surface area contributed by atoms with Crippen LogP contribution in [-0.2, 0) is 13.6 Å². The van der Waals surface area contributed by atoms with E-state index in [0.717, 1.165) is 43.3 Å². The summed E-state index contributed by atoms with van der Waals surface area (Å²) in [4.78, 5) is 11.7. The van der Waals surface area contributed by atoms with Crippen LogP contribution in [0.1, 0.15) is 23.3 Å². The molecule has 0 aromatic carbocycles. The molecule has 1 N–H and O–H groups in total. The lowest BCUT2D eigenvalue weighted by atomic mass is 10.1. The van der Waals surface area contributed by atoms with E-state index in [2.05, 4.69) is 61.5 Å². The summed E-state index contributed by atoms with van der Waals surface area (Å²) < 4.78 is 4.32. The Bertz CT molecular complexity index is 828. The molecule has 1 atom stereocenters. The molecule has 0 aliphatic carbocycles. The fourth-order valence-electron chi connectivity index (χ4n) is 3.44. The Morgan fingerprint density at radius 2 is 2.08 bits per heavy atom. The topological polar surface area (TPSA) is 50.4 Å². The highest BCUT2D eigenvalue weighted by molar-refractivity contribution is 5.85. The van der Waals surface area contributed by atoms with Gasteiger partial charge in [-0.1, -0.05) is 6.07 Å². The molecule has 4 rings (SSSR count). The van der Waals surface area contributed by atoms with E-state index in [-0.39, 0.29) is 30.9 Å². The Labute approximate surface area is 160 Å². The summed E-state index contributed by atoms with van der Waals surface area (Å²) in [6, 6.07) is 6.45. The second-order valence-corrected chi connectivity index (χ2v) is 6.16. The molecule has 8 heteroatoms. The minimum Gasteiger partial charge on any atom is -0.337 e. The number of rotatable bonds is 3. The first-order valence-electron chi connectivity index (χ1n) is 8.08. The average Bonchev–Trinajstić information content (AvgIpc) is 3.12. The highest BCUT2D eigenvalue weighted by atomic mass is 35.5. The van der Waals surface area contributed by atoms with Gasteiger partial charge in [0.25, 0.3) is 0 Å². The van der Waals surface area contributed by atoms with Crippen molar-refractivity contribution in [2.24, 2.45) is 7.05 Å². The SMILES string of the molecule is Cc1nc2ccccn2c1CN1CCNCC1c1nccn1C.Cl.Cl. The van der Waals surface area contributed by atoms with Gasteiger partial charge in [0.1, 0.15) is 11.5 Å². The number of aromatic nitrogens is 4. The van der Waals surface area contributed by atoms with Crippen LogP contribution in [0, 0.1) is 6.92 Å². The Kier molecular flexibility index (Phi) is 6.46. The molecule has 1 unspecified atom stereocenters. The standard InChI is InChI=1S/C17H22N6.2ClH/c1-13-15(23-8-4-3-5-16(23)20-13)12-22-10-6-18-11-14(22)17-19-7-9-21(17)2;;/h3-5,7-9,14,18H,6,10-12H2,1-2H3;2*1H. The lowest BCUT2D eigenvalue weighted by Gasteiger charge is -2.35. The zero-order valence-electron chi connectivity index (χ0n) is 14.4. The van der Waals surface area contributed by atoms with Crippen LogP contribution in [0.15, 0.2) is 36.8 Å². The van der Waals surface area contributed by atoms with Crippen LogP contribution in [0.25, 0.3) is 5.65 Å². The zero-order valence-corrected chi connectivity index (χ0v) is 16.1. The Morgan fingerprint density at radius 3 is 2.84 bits per heavy atom. The molecule has 1 aliphatic heterocycles. The predicted molar refractivity (Wildman–Crippen MR) is 104 cm³/mol. The van der Waals surface area contributed by atoms with Crippen LogP contribution in [-0.4, -0.2) is 43.5 Å². The number of hydrogen-bond acceptors (Lipinski definition) is 4. The number of pyridine rings is 1. The summed E-state index contributed by atoms with van der Waals surface area (Å²) in [6.45, 7) is 5.94. The molecular formula is C17H24Cl2N6. The number of hydrogen-bond donors (Lipinski definition) is 1. The van der Waals surface area contributed by atoms with Gasteiger partial charge in [0.15, 0.2) is 0 Å². The van der Waals surface area contributed by atoms with Crippen molar-refractivity contribution in [2.75, 3.05) is 19.6 Å². The molecule has 25 heavy (non-hydrogen) atoms. The second-order valence-electron chi connectivity index (χ2n) is 6.16. The number of halogens is 2. The maximum Gasteiger partial charge on any atom is 0.137 e. The van der Waals surface area contributed by atoms with Crippen molar-refractivity contribution in [1.29, 1.82) is 0 Å². The molecule has 0 spiro atoms. The number of nitrogens with zero attached hydrogens (tertiary/aromatic N) is 5. The number of fused-ring (bicyclic) bond motifs is 1. The molecule has 3 aromatic rings. The Balaban J connectivity index is 0.00000113. The first-order chi connectivity index (χ1) is 11.2. The fourth-order valence-corrected chi connectivity index (χ4v) is 3.44. The molecule has 3 aromatic heterocycles. The lowest BCUT2D eigenvalue weighted by molar-refractivity contribution is 0.142. The van der Waals surface area contributed by atoms with E-state index in [0.29, 0.717) is 0 Å². The van der Waals surface area contributed by atoms with Crippen molar-refractivity contribution in [3.63, 3.8) is 0 Å². The van der Waals surface area contributed by atoms with E-state index in [1.54, 1.807) is 0 Å². The van der Waals surface area contributed by atoms with E-state index in [1.807, 2.05) is 18.5 Å². The van der Waals surface area contributed by atoms with Gasteiger partial charge in [0.2, 0.25) is 0 Å². The normalized spacial score (nSPS) is 17.9. The molecule has 0 saturated carbocycles. The molecule has 0 bridgehead atoms. The third-order valence-electron chi connectivity index (χ3n) is 4.69. The summed E-state index contributed by atoms with van der Waals surface area (Å²) in [7, 11) is 2.06. The van der Waals surface area contributed by atoms with Crippen LogP contribution >= 0.6 is 24.8 Å². The third-order valence-corrected chi connectivity index (χ3v) is 4.69. The van der Waals surface area contributed by atoms with Gasteiger partial charge >= 0.3 is 0 Å². The monoisotopic (exact) mass is 382 g/mol. The van der Waals surface area contributed by atoms with Crippen molar-refractivity contribution in [3.8, 4) is 0 Å². The predicted octanol–water partition coefficient (Wildman–Crippen LogP) is 2.37. The highest BCUT2D eigenvalue weighted by Crippen LogP contribution is 2.24. The van der Waals surface area contributed by atoms with Gasteiger partial charge in [0.05, 0.1) is 17.4 Å². The van der Waals surface area contributed by atoms with Crippen molar-refractivity contribution >= 4 is 30.5 Å². The van der Waals surface area contributed by atoms with Crippen LogP contribution in [0.5, 0.6) is 0 Å².